The topological polar surface area (TPSA) is 72.7 Å². The van der Waals surface area contributed by atoms with Gasteiger partial charge in [-0.25, -0.2) is 0 Å². The molecule has 6 nitrogen and oxygen atoms in total. The van der Waals surface area contributed by atoms with Crippen LogP contribution in [0, 0.1) is 16.0 Å². The summed E-state index contributed by atoms with van der Waals surface area (Å²) in [6.07, 6.45) is -3.22. The SMILES string of the molecule is COc1cc2c(cc1[N+](=O)[O-])C=C1[C@@H](C)[C@@]2(C)CCN1C(=O)C(F)(F)F. The largest absolute Gasteiger partial charge is 0.490 e. The summed E-state index contributed by atoms with van der Waals surface area (Å²) < 4.78 is 43.9. The molecule has 140 valence electrons. The highest BCUT2D eigenvalue weighted by Crippen LogP contribution is 2.52. The van der Waals surface area contributed by atoms with Crippen molar-refractivity contribution in [2.45, 2.75) is 31.9 Å². The quantitative estimate of drug-likeness (QED) is 0.588. The maximum atomic E-state index is 12.9. The normalized spacial score (nSPS) is 24.6. The van der Waals surface area contributed by atoms with Crippen LogP contribution < -0.4 is 4.74 Å². The van der Waals surface area contributed by atoms with Crippen molar-refractivity contribution in [2.75, 3.05) is 13.7 Å². The second-order valence-corrected chi connectivity index (χ2v) is 6.78. The molecule has 1 aliphatic carbocycles. The van der Waals surface area contributed by atoms with Gasteiger partial charge in [-0.15, -0.1) is 0 Å². The summed E-state index contributed by atoms with van der Waals surface area (Å²) in [7, 11) is 1.33. The lowest BCUT2D eigenvalue weighted by Crippen LogP contribution is -2.52. The highest BCUT2D eigenvalue weighted by atomic mass is 19.4. The summed E-state index contributed by atoms with van der Waals surface area (Å²) in [5.74, 6) is -2.17. The van der Waals surface area contributed by atoms with E-state index in [1.165, 1.54) is 19.3 Å². The summed E-state index contributed by atoms with van der Waals surface area (Å²) in [5, 5.41) is 11.3. The predicted octanol–water partition coefficient (Wildman–Crippen LogP) is 3.65. The van der Waals surface area contributed by atoms with Crippen molar-refractivity contribution in [2.24, 2.45) is 5.92 Å². The lowest BCUT2D eigenvalue weighted by Gasteiger charge is -2.49. The first-order chi connectivity index (χ1) is 12.0. The van der Waals surface area contributed by atoms with Gasteiger partial charge in [0.25, 0.3) is 0 Å². The molecule has 0 spiro atoms. The van der Waals surface area contributed by atoms with Crippen molar-refractivity contribution in [3.8, 4) is 5.75 Å². The Balaban J connectivity index is 2.20. The second kappa shape index (κ2) is 5.72. The first kappa shape index (κ1) is 18.2. The van der Waals surface area contributed by atoms with Crippen LogP contribution in [0.5, 0.6) is 5.75 Å². The fourth-order valence-corrected chi connectivity index (χ4v) is 3.86. The molecule has 2 atom stereocenters. The molecule has 1 aliphatic heterocycles. The Kier molecular flexibility index (Phi) is 4.01. The fraction of sp³-hybridized carbons (Fsp3) is 0.471. The Morgan fingerprint density at radius 2 is 2.08 bits per heavy atom. The summed E-state index contributed by atoms with van der Waals surface area (Å²) in [6, 6.07) is 2.87. The number of halogens is 3. The van der Waals surface area contributed by atoms with E-state index < -0.39 is 22.4 Å². The standard InChI is InChI=1S/C17H17F3N2O4/c1-9-12-6-10-7-13(22(24)25)14(26-3)8-11(10)16(9,2)4-5-21(12)15(23)17(18,19)20/h6-9H,4-5H2,1-3H3/t9-,16-/m1/s1. The predicted molar refractivity (Wildman–Crippen MR) is 86.5 cm³/mol. The van der Waals surface area contributed by atoms with E-state index in [0.717, 1.165) is 10.5 Å². The molecule has 2 aliphatic rings. The minimum atomic E-state index is -4.97. The van der Waals surface area contributed by atoms with E-state index in [9.17, 15) is 28.1 Å². The zero-order valence-corrected chi connectivity index (χ0v) is 14.4. The summed E-state index contributed by atoms with van der Waals surface area (Å²) in [5.41, 5.74) is 0.619. The van der Waals surface area contributed by atoms with Crippen LogP contribution >= 0.6 is 0 Å². The van der Waals surface area contributed by atoms with Crippen LogP contribution in [0.15, 0.2) is 17.8 Å². The minimum absolute atomic E-state index is 0.0657. The van der Waals surface area contributed by atoms with Gasteiger partial charge < -0.3 is 9.64 Å². The van der Waals surface area contributed by atoms with Gasteiger partial charge in [0, 0.05) is 29.6 Å². The number of amides is 1. The van der Waals surface area contributed by atoms with Crippen molar-refractivity contribution in [3.05, 3.63) is 39.1 Å². The third-order valence-corrected chi connectivity index (χ3v) is 5.52. The van der Waals surface area contributed by atoms with Crippen LogP contribution in [-0.4, -0.2) is 35.6 Å². The number of alkyl halides is 3. The number of hydrogen-bond donors (Lipinski definition) is 0. The monoisotopic (exact) mass is 370 g/mol. The van der Waals surface area contributed by atoms with E-state index in [1.807, 2.05) is 6.92 Å². The number of carbonyl (C=O) groups is 1. The number of nitro benzene ring substituents is 1. The molecule has 0 unspecified atom stereocenters. The number of nitrogens with zero attached hydrogens (tertiary/aromatic N) is 2. The third-order valence-electron chi connectivity index (χ3n) is 5.52. The van der Waals surface area contributed by atoms with Crippen LogP contribution in [0.3, 0.4) is 0 Å². The van der Waals surface area contributed by atoms with E-state index >= 15 is 0 Å². The van der Waals surface area contributed by atoms with E-state index in [1.54, 1.807) is 13.0 Å². The number of allylic oxidation sites excluding steroid dienone is 1. The number of rotatable bonds is 2. The number of nitro groups is 1. The third kappa shape index (κ3) is 2.53. The molecular formula is C17H17F3N2O4. The molecule has 3 rings (SSSR count). The number of benzene rings is 1. The molecule has 0 N–H and O–H groups in total. The average Bonchev–Trinajstić information content (AvgIpc) is 2.55. The van der Waals surface area contributed by atoms with Gasteiger partial charge in [0.05, 0.1) is 12.0 Å². The molecule has 1 heterocycles. The Morgan fingerprint density at radius 3 is 2.62 bits per heavy atom. The smallest absolute Gasteiger partial charge is 0.471 e. The van der Waals surface area contributed by atoms with Crippen LogP contribution in [-0.2, 0) is 10.2 Å². The van der Waals surface area contributed by atoms with Gasteiger partial charge in [-0.05, 0) is 29.7 Å². The summed E-state index contributed by atoms with van der Waals surface area (Å²) in [4.78, 5) is 23.2. The van der Waals surface area contributed by atoms with Crippen molar-refractivity contribution < 1.29 is 27.6 Å². The molecule has 26 heavy (non-hydrogen) atoms. The first-order valence-electron chi connectivity index (χ1n) is 7.98. The number of methoxy groups -OCH3 is 1. The molecule has 9 heteroatoms. The summed E-state index contributed by atoms with van der Waals surface area (Å²) in [6.45, 7) is 3.59. The number of carbonyl (C=O) groups excluding carboxylic acids is 1. The van der Waals surface area contributed by atoms with Crippen LogP contribution in [0.4, 0.5) is 18.9 Å². The van der Waals surface area contributed by atoms with Gasteiger partial charge >= 0.3 is 17.8 Å². The fourth-order valence-electron chi connectivity index (χ4n) is 3.86. The molecule has 1 saturated heterocycles. The molecule has 2 bridgehead atoms. The van der Waals surface area contributed by atoms with Gasteiger partial charge in [0.2, 0.25) is 0 Å². The highest BCUT2D eigenvalue weighted by Gasteiger charge is 2.51. The molecular weight excluding hydrogens is 353 g/mol. The van der Waals surface area contributed by atoms with Gasteiger partial charge in [0.1, 0.15) is 0 Å². The van der Waals surface area contributed by atoms with E-state index in [2.05, 4.69) is 0 Å². The number of hydrogen-bond acceptors (Lipinski definition) is 4. The van der Waals surface area contributed by atoms with Crippen LogP contribution in [0.25, 0.3) is 6.08 Å². The number of piperidine rings is 1. The summed E-state index contributed by atoms with van der Waals surface area (Å²) >= 11 is 0. The lowest BCUT2D eigenvalue weighted by atomic mass is 9.62. The van der Waals surface area contributed by atoms with Gasteiger partial charge in [0.15, 0.2) is 5.75 Å². The minimum Gasteiger partial charge on any atom is -0.490 e. The van der Waals surface area contributed by atoms with E-state index in [-0.39, 0.29) is 29.6 Å². The highest BCUT2D eigenvalue weighted by molar-refractivity contribution is 5.86. The average molecular weight is 370 g/mol. The maximum absolute atomic E-state index is 12.9. The van der Waals surface area contributed by atoms with Gasteiger partial charge in [-0.3, -0.25) is 14.9 Å². The van der Waals surface area contributed by atoms with Gasteiger partial charge in [-0.1, -0.05) is 13.8 Å². The Morgan fingerprint density at radius 1 is 1.42 bits per heavy atom. The van der Waals surface area contributed by atoms with E-state index in [4.69, 9.17) is 4.74 Å². The molecule has 1 aromatic carbocycles. The molecule has 1 aromatic rings. The number of ether oxygens (including phenoxy) is 1. The zero-order chi connectivity index (χ0) is 19.4. The number of fused-ring (bicyclic) bond motifs is 4. The van der Waals surface area contributed by atoms with Crippen molar-refractivity contribution >= 4 is 17.7 Å². The Labute approximate surface area is 147 Å². The van der Waals surface area contributed by atoms with Gasteiger partial charge in [-0.2, -0.15) is 13.2 Å². The van der Waals surface area contributed by atoms with Crippen LogP contribution in [0.2, 0.25) is 0 Å². The second-order valence-electron chi connectivity index (χ2n) is 6.78. The zero-order valence-electron chi connectivity index (χ0n) is 14.4. The molecule has 1 amide bonds. The van der Waals surface area contributed by atoms with E-state index in [0.29, 0.717) is 12.0 Å². The molecule has 1 fully saturated rings. The maximum Gasteiger partial charge on any atom is 0.471 e. The Bertz CT molecular complexity index is 834. The van der Waals surface area contributed by atoms with Crippen LogP contribution in [0.1, 0.15) is 31.4 Å². The molecule has 0 saturated carbocycles. The molecule has 0 radical (unpaired) electrons. The van der Waals surface area contributed by atoms with Crippen molar-refractivity contribution in [1.29, 1.82) is 0 Å². The van der Waals surface area contributed by atoms with Crippen molar-refractivity contribution in [1.82, 2.24) is 4.90 Å². The number of likely N-dealkylation sites (tertiary alicyclic amines) is 1. The lowest BCUT2D eigenvalue weighted by molar-refractivity contribution is -0.385. The molecule has 0 aromatic heterocycles. The Hall–Kier alpha value is -2.58. The van der Waals surface area contributed by atoms with Crippen molar-refractivity contribution in [3.63, 3.8) is 0 Å². The first-order valence-corrected chi connectivity index (χ1v) is 7.98.